The van der Waals surface area contributed by atoms with Gasteiger partial charge in [-0.25, -0.2) is 4.98 Å². The summed E-state index contributed by atoms with van der Waals surface area (Å²) in [5.74, 6) is -0.279. The summed E-state index contributed by atoms with van der Waals surface area (Å²) in [7, 11) is 0. The molecule has 4 rings (SSSR count). The molecule has 1 aliphatic rings. The van der Waals surface area contributed by atoms with Gasteiger partial charge < -0.3 is 14.8 Å². The summed E-state index contributed by atoms with van der Waals surface area (Å²) in [4.78, 5) is 29.9. The Bertz CT molecular complexity index is 1340. The highest BCUT2D eigenvalue weighted by molar-refractivity contribution is 7.99. The topological polar surface area (TPSA) is 82.5 Å². The van der Waals surface area contributed by atoms with E-state index >= 15 is 0 Å². The summed E-state index contributed by atoms with van der Waals surface area (Å²) in [5, 5.41) is 2.55. The lowest BCUT2D eigenvalue weighted by atomic mass is 10.1. The minimum absolute atomic E-state index is 0.0579. The Morgan fingerprint density at radius 1 is 1.23 bits per heavy atom. The van der Waals surface area contributed by atoms with Crippen LogP contribution in [0.25, 0.3) is 0 Å². The Morgan fingerprint density at radius 3 is 2.71 bits per heavy atom. The molecule has 7 nitrogen and oxygen atoms in total. The Morgan fingerprint density at radius 2 is 2.00 bits per heavy atom. The molecule has 0 fully saturated rings. The van der Waals surface area contributed by atoms with Gasteiger partial charge in [0.25, 0.3) is 5.56 Å². The van der Waals surface area contributed by atoms with Crippen LogP contribution in [0.5, 0.6) is 11.5 Å². The summed E-state index contributed by atoms with van der Waals surface area (Å²) in [6.07, 6.45) is -3.48. The van der Waals surface area contributed by atoms with E-state index < -0.39 is 29.6 Å². The van der Waals surface area contributed by atoms with E-state index in [1.807, 2.05) is 26.8 Å². The fourth-order valence-electron chi connectivity index (χ4n) is 3.67. The number of carbonyl (C=O) groups is 1. The molecule has 1 aliphatic heterocycles. The number of alkyl halides is 3. The van der Waals surface area contributed by atoms with Gasteiger partial charge in [0.1, 0.15) is 29.2 Å². The number of anilines is 1. The average molecular weight is 506 g/mol. The molecular formula is C24H22F3N3O4S. The van der Waals surface area contributed by atoms with Gasteiger partial charge in [0.15, 0.2) is 5.75 Å². The largest absolute Gasteiger partial charge is 0.573 e. The molecule has 35 heavy (non-hydrogen) atoms. The van der Waals surface area contributed by atoms with Crippen LogP contribution < -0.4 is 20.3 Å². The van der Waals surface area contributed by atoms with Crippen LogP contribution in [-0.2, 0) is 11.4 Å². The zero-order valence-electron chi connectivity index (χ0n) is 19.1. The van der Waals surface area contributed by atoms with E-state index in [4.69, 9.17) is 4.74 Å². The van der Waals surface area contributed by atoms with E-state index in [1.54, 1.807) is 24.3 Å². The third kappa shape index (κ3) is 5.45. The lowest BCUT2D eigenvalue weighted by Gasteiger charge is -2.19. The van der Waals surface area contributed by atoms with Crippen LogP contribution in [0.2, 0.25) is 0 Å². The van der Waals surface area contributed by atoms with Crippen molar-refractivity contribution in [1.29, 1.82) is 0 Å². The highest BCUT2D eigenvalue weighted by Crippen LogP contribution is 2.42. The number of nitrogens with zero attached hydrogens (tertiary/aromatic N) is 2. The van der Waals surface area contributed by atoms with Gasteiger partial charge in [-0.1, -0.05) is 12.1 Å². The maximum absolute atomic E-state index is 13.3. The molecule has 184 valence electrons. The molecule has 1 aromatic carbocycles. The molecule has 0 saturated carbocycles. The quantitative estimate of drug-likeness (QED) is 0.512. The fraction of sp³-hybridized carbons (Fsp3) is 0.292. The maximum atomic E-state index is 13.3. The second-order valence-electron chi connectivity index (χ2n) is 8.08. The van der Waals surface area contributed by atoms with Crippen molar-refractivity contribution < 1.29 is 27.4 Å². The molecule has 11 heteroatoms. The van der Waals surface area contributed by atoms with Crippen molar-refractivity contribution in [3.8, 4) is 11.5 Å². The van der Waals surface area contributed by atoms with E-state index in [0.717, 1.165) is 39.1 Å². The molecule has 3 aromatic rings. The third-order valence-electron chi connectivity index (χ3n) is 5.55. The number of thioether (sulfide) groups is 1. The number of fused-ring (bicyclic) bond motifs is 1. The van der Waals surface area contributed by atoms with Gasteiger partial charge in [-0.15, -0.1) is 24.9 Å². The van der Waals surface area contributed by atoms with E-state index in [9.17, 15) is 22.8 Å². The number of hydrogen-bond acceptors (Lipinski definition) is 6. The predicted molar refractivity (Wildman–Crippen MR) is 125 cm³/mol. The summed E-state index contributed by atoms with van der Waals surface area (Å²) >= 11 is 0.942. The molecule has 0 aliphatic carbocycles. The van der Waals surface area contributed by atoms with Gasteiger partial charge in [-0.2, -0.15) is 0 Å². The van der Waals surface area contributed by atoms with Crippen LogP contribution in [0.1, 0.15) is 28.3 Å². The third-order valence-corrected chi connectivity index (χ3v) is 6.69. The molecule has 1 N–H and O–H groups in total. The van der Waals surface area contributed by atoms with E-state index in [2.05, 4.69) is 15.0 Å². The Balaban J connectivity index is 1.67. The normalized spacial score (nSPS) is 15.0. The smallest absolute Gasteiger partial charge is 0.488 e. The number of carbonyl (C=O) groups excluding carboxylic acids is 1. The van der Waals surface area contributed by atoms with Crippen LogP contribution >= 0.6 is 11.8 Å². The van der Waals surface area contributed by atoms with Crippen molar-refractivity contribution in [3.05, 3.63) is 75.2 Å². The van der Waals surface area contributed by atoms with Crippen LogP contribution in [0.15, 0.2) is 52.4 Å². The molecule has 2 aromatic heterocycles. The Labute approximate surface area is 203 Å². The number of pyridine rings is 2. The average Bonchev–Trinajstić information content (AvgIpc) is 3.22. The minimum atomic E-state index is -5.00. The van der Waals surface area contributed by atoms with Crippen LogP contribution in [-0.4, -0.2) is 27.6 Å². The number of aromatic nitrogens is 2. The minimum Gasteiger partial charge on any atom is -0.488 e. The number of hydrogen-bond donors (Lipinski definition) is 1. The first-order valence-electron chi connectivity index (χ1n) is 10.6. The van der Waals surface area contributed by atoms with Gasteiger partial charge in [0.05, 0.1) is 0 Å². The number of rotatable bonds is 6. The van der Waals surface area contributed by atoms with E-state index in [1.165, 1.54) is 6.20 Å². The standard InChI is InChI=1S/C24H22F3N3O4S/c1-13-7-8-28-19(9-13)29-22(32)17-12-35-23-21(34-24(25,26)27)16(10-20(31)30(17)23)11-33-18-6-4-5-14(2)15(18)3/h4-10,17H,11-12H2,1-3H3,(H,28,29,32)/t17-/m0/s1. The number of nitrogens with one attached hydrogen (secondary N) is 1. The van der Waals surface area contributed by atoms with Gasteiger partial charge in [-0.05, 0) is 55.7 Å². The van der Waals surface area contributed by atoms with Gasteiger partial charge in [0, 0.05) is 23.6 Å². The highest BCUT2D eigenvalue weighted by atomic mass is 32.2. The lowest BCUT2D eigenvalue weighted by molar-refractivity contribution is -0.276. The zero-order valence-corrected chi connectivity index (χ0v) is 19.9. The molecule has 1 amide bonds. The van der Waals surface area contributed by atoms with E-state index in [-0.39, 0.29) is 28.8 Å². The van der Waals surface area contributed by atoms with Gasteiger partial charge in [0.2, 0.25) is 5.91 Å². The van der Waals surface area contributed by atoms with Crippen molar-refractivity contribution in [2.45, 2.75) is 44.8 Å². The van der Waals surface area contributed by atoms with Crippen molar-refractivity contribution in [2.24, 2.45) is 0 Å². The number of amides is 1. The summed E-state index contributed by atoms with van der Waals surface area (Å²) < 4.78 is 51.0. The SMILES string of the molecule is Cc1ccnc(NC(=O)[C@@H]2CSc3c(OC(F)(F)F)c(COc4cccc(C)c4C)cc(=O)n32)c1. The second kappa shape index (κ2) is 9.65. The van der Waals surface area contributed by atoms with Gasteiger partial charge >= 0.3 is 6.36 Å². The molecule has 3 heterocycles. The molecule has 0 unspecified atom stereocenters. The second-order valence-corrected chi connectivity index (χ2v) is 9.09. The zero-order chi connectivity index (χ0) is 25.3. The Hall–Kier alpha value is -3.47. The number of benzene rings is 1. The van der Waals surface area contributed by atoms with Gasteiger partial charge in [-0.3, -0.25) is 14.2 Å². The van der Waals surface area contributed by atoms with Crippen molar-refractivity contribution in [1.82, 2.24) is 9.55 Å². The number of halogens is 3. The molecule has 0 spiro atoms. The molecule has 0 radical (unpaired) electrons. The predicted octanol–water partition coefficient (Wildman–Crippen LogP) is 4.93. The number of aryl methyl sites for hydroxylation is 2. The van der Waals surface area contributed by atoms with Crippen LogP contribution in [0.4, 0.5) is 19.0 Å². The van der Waals surface area contributed by atoms with E-state index in [0.29, 0.717) is 5.75 Å². The highest BCUT2D eigenvalue weighted by Gasteiger charge is 2.39. The first kappa shape index (κ1) is 24.6. The summed E-state index contributed by atoms with van der Waals surface area (Å²) in [6, 6.07) is 8.74. The first-order valence-corrected chi connectivity index (χ1v) is 11.6. The Kier molecular flexibility index (Phi) is 6.79. The lowest BCUT2D eigenvalue weighted by Crippen LogP contribution is -2.33. The monoisotopic (exact) mass is 505 g/mol. The maximum Gasteiger partial charge on any atom is 0.573 e. The van der Waals surface area contributed by atoms with Crippen LogP contribution in [0, 0.1) is 20.8 Å². The van der Waals surface area contributed by atoms with Crippen molar-refractivity contribution >= 4 is 23.5 Å². The summed E-state index contributed by atoms with van der Waals surface area (Å²) in [5.41, 5.74) is 1.96. The van der Waals surface area contributed by atoms with Crippen LogP contribution in [0.3, 0.4) is 0 Å². The fourth-order valence-corrected chi connectivity index (χ4v) is 4.95. The molecular weight excluding hydrogens is 483 g/mol. The summed E-state index contributed by atoms with van der Waals surface area (Å²) in [6.45, 7) is 5.22. The molecule has 0 saturated heterocycles. The van der Waals surface area contributed by atoms with Crippen molar-refractivity contribution in [3.63, 3.8) is 0 Å². The molecule has 1 atom stereocenters. The van der Waals surface area contributed by atoms with Crippen molar-refractivity contribution in [2.75, 3.05) is 11.1 Å². The molecule has 0 bridgehead atoms. The number of ether oxygens (including phenoxy) is 2. The first-order chi connectivity index (χ1) is 16.5.